The smallest absolute Gasteiger partial charge is 0.298 e. The number of benzene rings is 5. The topological polar surface area (TPSA) is 26.3 Å². The molecule has 0 aliphatic carbocycles. The summed E-state index contributed by atoms with van der Waals surface area (Å²) in [4.78, 5) is 11.0. The lowest BCUT2D eigenvalue weighted by molar-refractivity contribution is -0.120. The van der Waals surface area contributed by atoms with Gasteiger partial charge in [-0.1, -0.05) is 143 Å². The highest BCUT2D eigenvalue weighted by molar-refractivity contribution is 6.91. The molecule has 51 heavy (non-hydrogen) atoms. The molecule has 0 N–H and O–H groups in total. The molecule has 0 aromatic heterocycles. The minimum absolute atomic E-state index is 0.470. The molecular formula is C47H56O2Si2. The van der Waals surface area contributed by atoms with Crippen LogP contribution in [0, 0.1) is 22.9 Å². The summed E-state index contributed by atoms with van der Waals surface area (Å²) in [5.41, 5.74) is 15.7. The fraction of sp³-hybridized carbons (Fsp3) is 0.383. The van der Waals surface area contributed by atoms with E-state index in [1.165, 1.54) is 21.5 Å². The van der Waals surface area contributed by atoms with Gasteiger partial charge < -0.3 is 4.74 Å². The van der Waals surface area contributed by atoms with E-state index in [2.05, 4.69) is 161 Å². The van der Waals surface area contributed by atoms with Crippen LogP contribution in [-0.2, 0) is 4.79 Å². The van der Waals surface area contributed by atoms with Crippen molar-refractivity contribution in [3.8, 4) is 39.8 Å². The standard InChI is InChI=1S/C47H56O2Si2/c1-31(2)50(32(3)4,33(5)6)25-23-43-42-22-19-40(37-17-20-41(21-18-37)49-30-48)29-45(42)44(24-26-51(34(7)8,35(9)10)36(11)12)47-28-39-16-14-13-15-38(39)27-46(43)47/h13-22,27-36H,1-12H3. The third kappa shape index (κ3) is 6.94. The Kier molecular flexibility index (Phi) is 11.4. The van der Waals surface area contributed by atoms with E-state index in [1.54, 1.807) is 0 Å². The van der Waals surface area contributed by atoms with Crippen LogP contribution in [0.1, 0.15) is 94.2 Å². The van der Waals surface area contributed by atoms with Crippen molar-refractivity contribution in [1.29, 1.82) is 0 Å². The molecule has 0 aliphatic rings. The first kappa shape index (κ1) is 38.1. The highest BCUT2D eigenvalue weighted by Gasteiger charge is 2.43. The van der Waals surface area contributed by atoms with Crippen molar-refractivity contribution in [3.63, 3.8) is 0 Å². The van der Waals surface area contributed by atoms with Crippen LogP contribution < -0.4 is 4.74 Å². The van der Waals surface area contributed by atoms with Crippen LogP contribution in [0.5, 0.6) is 5.75 Å². The van der Waals surface area contributed by atoms with Crippen molar-refractivity contribution in [3.05, 3.63) is 90.0 Å². The Bertz CT molecular complexity index is 2140. The van der Waals surface area contributed by atoms with E-state index >= 15 is 0 Å². The molecule has 0 heterocycles. The van der Waals surface area contributed by atoms with Crippen molar-refractivity contribution in [2.45, 2.75) is 116 Å². The average molecular weight is 709 g/mol. The zero-order valence-electron chi connectivity index (χ0n) is 32.9. The molecule has 0 radical (unpaired) electrons. The maximum atomic E-state index is 11.0. The van der Waals surface area contributed by atoms with Crippen molar-refractivity contribution in [1.82, 2.24) is 0 Å². The summed E-state index contributed by atoms with van der Waals surface area (Å²) in [6.45, 7) is 29.1. The molecule has 0 amide bonds. The number of ether oxygens (including phenoxy) is 1. The quantitative estimate of drug-likeness (QED) is 0.0659. The van der Waals surface area contributed by atoms with E-state index in [1.807, 2.05) is 24.3 Å². The second-order valence-corrected chi connectivity index (χ2v) is 27.4. The summed E-state index contributed by atoms with van der Waals surface area (Å²) in [5.74, 6) is 8.42. The zero-order valence-corrected chi connectivity index (χ0v) is 34.9. The van der Waals surface area contributed by atoms with Gasteiger partial charge in [-0.25, -0.2) is 0 Å². The molecule has 5 aromatic rings. The number of hydrogen-bond acceptors (Lipinski definition) is 2. The van der Waals surface area contributed by atoms with E-state index < -0.39 is 16.1 Å². The van der Waals surface area contributed by atoms with E-state index in [0.717, 1.165) is 33.0 Å². The van der Waals surface area contributed by atoms with Crippen molar-refractivity contribution in [2.75, 3.05) is 0 Å². The third-order valence-electron chi connectivity index (χ3n) is 11.9. The van der Waals surface area contributed by atoms with Crippen LogP contribution in [0.4, 0.5) is 0 Å². The molecule has 0 unspecified atom stereocenters. The molecule has 4 heteroatoms. The fourth-order valence-corrected chi connectivity index (χ4v) is 19.8. The van der Waals surface area contributed by atoms with Gasteiger partial charge in [0.25, 0.3) is 6.47 Å². The van der Waals surface area contributed by atoms with Crippen LogP contribution in [-0.4, -0.2) is 22.6 Å². The molecule has 0 saturated heterocycles. The van der Waals surface area contributed by atoms with Crippen LogP contribution >= 0.6 is 0 Å². The van der Waals surface area contributed by atoms with Crippen LogP contribution in [0.15, 0.2) is 78.9 Å². The van der Waals surface area contributed by atoms with Gasteiger partial charge in [-0.3, -0.25) is 4.79 Å². The van der Waals surface area contributed by atoms with Gasteiger partial charge in [-0.15, -0.1) is 11.1 Å². The number of rotatable bonds is 9. The molecule has 5 rings (SSSR count). The maximum absolute atomic E-state index is 11.0. The zero-order chi connectivity index (χ0) is 37.2. The van der Waals surface area contributed by atoms with Gasteiger partial charge in [0.1, 0.15) is 21.9 Å². The lowest BCUT2D eigenvalue weighted by Gasteiger charge is -2.38. The lowest BCUT2D eigenvalue weighted by Crippen LogP contribution is -2.43. The Morgan fingerprint density at radius 2 is 0.882 bits per heavy atom. The Morgan fingerprint density at radius 1 is 0.490 bits per heavy atom. The molecule has 0 atom stereocenters. The minimum Gasteiger partial charge on any atom is -0.429 e. The van der Waals surface area contributed by atoms with E-state index in [0.29, 0.717) is 45.5 Å². The largest absolute Gasteiger partial charge is 0.429 e. The summed E-state index contributed by atoms with van der Waals surface area (Å²) < 4.78 is 5.10. The second kappa shape index (κ2) is 15.3. The predicted octanol–water partition coefficient (Wildman–Crippen LogP) is 13.5. The Labute approximate surface area is 309 Å². The molecule has 5 aromatic carbocycles. The van der Waals surface area contributed by atoms with Crippen molar-refractivity contribution < 1.29 is 9.53 Å². The predicted molar refractivity (Wildman–Crippen MR) is 227 cm³/mol. The van der Waals surface area contributed by atoms with E-state index in [4.69, 9.17) is 4.74 Å². The van der Waals surface area contributed by atoms with Crippen LogP contribution in [0.25, 0.3) is 43.4 Å². The summed E-state index contributed by atoms with van der Waals surface area (Å²) in [6, 6.07) is 27.9. The van der Waals surface area contributed by atoms with Gasteiger partial charge in [-0.05, 0) is 107 Å². The summed E-state index contributed by atoms with van der Waals surface area (Å²) in [5, 5.41) is 7.09. The van der Waals surface area contributed by atoms with Gasteiger partial charge in [0.05, 0.1) is 0 Å². The maximum Gasteiger partial charge on any atom is 0.298 e. The van der Waals surface area contributed by atoms with Gasteiger partial charge in [0.15, 0.2) is 0 Å². The van der Waals surface area contributed by atoms with E-state index in [-0.39, 0.29) is 0 Å². The van der Waals surface area contributed by atoms with Crippen LogP contribution in [0.2, 0.25) is 33.2 Å². The highest BCUT2D eigenvalue weighted by atomic mass is 28.3. The Balaban J connectivity index is 1.98. The Hall–Kier alpha value is -4.10. The normalized spacial score (nSPS) is 12.4. The lowest BCUT2D eigenvalue weighted by atomic mass is 9.89. The average Bonchev–Trinajstić information content (AvgIpc) is 3.07. The molecule has 264 valence electrons. The van der Waals surface area contributed by atoms with Gasteiger partial charge in [0, 0.05) is 11.1 Å². The molecule has 0 bridgehead atoms. The number of carbonyl (C=O) groups is 1. The first-order valence-electron chi connectivity index (χ1n) is 18.9. The summed E-state index contributed by atoms with van der Waals surface area (Å²) in [7, 11) is -4.07. The SMILES string of the molecule is CC(C)[Si](C#Cc1c2ccc(-c3ccc(OC=O)cc3)cc2c(C#C[Si](C(C)C)(C(C)C)C(C)C)c2cc3ccccc3cc12)(C(C)C)C(C)C. The molecule has 0 spiro atoms. The van der Waals surface area contributed by atoms with E-state index in [9.17, 15) is 4.79 Å². The minimum atomic E-state index is -2.05. The van der Waals surface area contributed by atoms with Crippen molar-refractivity contribution >= 4 is 54.9 Å². The monoisotopic (exact) mass is 708 g/mol. The van der Waals surface area contributed by atoms with Gasteiger partial charge >= 0.3 is 0 Å². The molecule has 0 fully saturated rings. The molecule has 0 saturated carbocycles. The summed E-state index contributed by atoms with van der Waals surface area (Å²) >= 11 is 0. The summed E-state index contributed by atoms with van der Waals surface area (Å²) in [6.07, 6.45) is 0. The highest BCUT2D eigenvalue weighted by Crippen LogP contribution is 2.44. The number of fused-ring (bicyclic) bond motifs is 3. The molecular weight excluding hydrogens is 653 g/mol. The van der Waals surface area contributed by atoms with Gasteiger partial charge in [0.2, 0.25) is 0 Å². The van der Waals surface area contributed by atoms with Gasteiger partial charge in [-0.2, -0.15) is 0 Å². The number of hydrogen-bond donors (Lipinski definition) is 0. The fourth-order valence-electron chi connectivity index (χ4n) is 9.35. The van der Waals surface area contributed by atoms with Crippen LogP contribution in [0.3, 0.4) is 0 Å². The first-order chi connectivity index (χ1) is 24.2. The molecule has 0 aliphatic heterocycles. The second-order valence-electron chi connectivity index (χ2n) is 16.3. The number of carbonyl (C=O) groups excluding carboxylic acids is 1. The first-order valence-corrected chi connectivity index (χ1v) is 23.3. The Morgan fingerprint density at radius 3 is 1.29 bits per heavy atom. The third-order valence-corrected chi connectivity index (χ3v) is 24.5. The van der Waals surface area contributed by atoms with Crippen molar-refractivity contribution in [2.24, 2.45) is 0 Å². The molecule has 2 nitrogen and oxygen atoms in total.